The summed E-state index contributed by atoms with van der Waals surface area (Å²) < 4.78 is 30.2. The van der Waals surface area contributed by atoms with Gasteiger partial charge in [0.05, 0.1) is 27.3 Å². The van der Waals surface area contributed by atoms with Crippen LogP contribution in [0.3, 0.4) is 0 Å². The van der Waals surface area contributed by atoms with Crippen LogP contribution in [0.15, 0.2) is 6.07 Å². The van der Waals surface area contributed by atoms with Gasteiger partial charge >= 0.3 is 5.97 Å². The van der Waals surface area contributed by atoms with E-state index in [1.54, 1.807) is 6.92 Å². The first kappa shape index (κ1) is 14.6. The summed E-state index contributed by atoms with van der Waals surface area (Å²) in [7, 11) is 0. The lowest BCUT2D eigenvalue weighted by Gasteiger charge is -2.08. The highest BCUT2D eigenvalue weighted by Crippen LogP contribution is 2.27. The van der Waals surface area contributed by atoms with Crippen LogP contribution >= 0.6 is 34.2 Å². The van der Waals surface area contributed by atoms with Gasteiger partial charge in [-0.15, -0.1) is 0 Å². The molecule has 0 saturated carbocycles. The van der Waals surface area contributed by atoms with Crippen LogP contribution in [0, 0.1) is 3.57 Å². The minimum Gasteiger partial charge on any atom is -0.466 e. The largest absolute Gasteiger partial charge is 0.466 e. The van der Waals surface area contributed by atoms with Crippen molar-refractivity contribution >= 4 is 40.2 Å². The number of rotatable bonds is 4. The number of ether oxygens (including phenoxy) is 1. The minimum absolute atomic E-state index is 0.160. The van der Waals surface area contributed by atoms with Crippen molar-refractivity contribution in [3.63, 3.8) is 0 Å². The van der Waals surface area contributed by atoms with Gasteiger partial charge in [0, 0.05) is 0 Å². The van der Waals surface area contributed by atoms with Gasteiger partial charge in [-0.1, -0.05) is 11.6 Å². The Kier molecular flexibility index (Phi) is 5.51. The average molecular weight is 376 g/mol. The van der Waals surface area contributed by atoms with Crippen LogP contribution in [0.4, 0.5) is 8.78 Å². The van der Waals surface area contributed by atoms with Crippen LogP contribution in [-0.4, -0.2) is 17.6 Å². The second-order valence-electron chi connectivity index (χ2n) is 3.07. The lowest BCUT2D eigenvalue weighted by atomic mass is 10.2. The molecule has 0 unspecified atom stereocenters. The summed E-state index contributed by atoms with van der Waals surface area (Å²) in [6.07, 6.45) is -2.88. The van der Waals surface area contributed by atoms with Crippen LogP contribution in [0.1, 0.15) is 24.7 Å². The van der Waals surface area contributed by atoms with E-state index in [-0.39, 0.29) is 23.7 Å². The first-order chi connectivity index (χ1) is 7.95. The molecule has 1 heterocycles. The summed E-state index contributed by atoms with van der Waals surface area (Å²) in [5.41, 5.74) is -0.221. The van der Waals surface area contributed by atoms with Gasteiger partial charge in [-0.3, -0.25) is 9.78 Å². The Morgan fingerprint density at radius 3 is 2.82 bits per heavy atom. The molecule has 0 aromatic carbocycles. The number of carbonyl (C=O) groups is 1. The molecule has 1 aromatic heterocycles. The number of halogens is 4. The number of carbonyl (C=O) groups excluding carboxylic acids is 1. The average Bonchev–Trinajstić information content (AvgIpc) is 2.24. The van der Waals surface area contributed by atoms with Gasteiger partial charge in [0.1, 0.15) is 5.69 Å². The van der Waals surface area contributed by atoms with E-state index in [2.05, 4.69) is 4.98 Å². The third-order valence-corrected chi connectivity index (χ3v) is 3.66. The summed E-state index contributed by atoms with van der Waals surface area (Å²) in [6.45, 7) is 1.90. The number of hydrogen-bond donors (Lipinski definition) is 0. The van der Waals surface area contributed by atoms with E-state index in [9.17, 15) is 13.6 Å². The molecular weight excluding hydrogens is 366 g/mol. The van der Waals surface area contributed by atoms with Crippen LogP contribution < -0.4 is 0 Å². The minimum atomic E-state index is -2.72. The molecule has 0 aliphatic carbocycles. The fourth-order valence-electron chi connectivity index (χ4n) is 1.15. The Hall–Kier alpha value is -0.500. The predicted octanol–water partition coefficient (Wildman–Crippen LogP) is 3.38. The molecule has 0 atom stereocenters. The highest BCUT2D eigenvalue weighted by Gasteiger charge is 2.17. The van der Waals surface area contributed by atoms with Gasteiger partial charge in [-0.2, -0.15) is 0 Å². The fraction of sp³-hybridized carbons (Fsp3) is 0.400. The molecule has 1 aromatic rings. The SMILES string of the molecule is CCOC(=O)Cc1nc(C(F)F)cc(Cl)c1I. The zero-order valence-electron chi connectivity index (χ0n) is 8.84. The van der Waals surface area contributed by atoms with E-state index in [4.69, 9.17) is 16.3 Å². The Balaban J connectivity index is 3.01. The third-order valence-electron chi connectivity index (χ3n) is 1.84. The van der Waals surface area contributed by atoms with Gasteiger partial charge in [0.2, 0.25) is 0 Å². The maximum atomic E-state index is 12.5. The molecule has 0 spiro atoms. The third kappa shape index (κ3) is 4.02. The molecule has 0 radical (unpaired) electrons. The summed E-state index contributed by atoms with van der Waals surface area (Å²) in [4.78, 5) is 15.0. The summed E-state index contributed by atoms with van der Waals surface area (Å²) >= 11 is 7.65. The van der Waals surface area contributed by atoms with E-state index in [1.807, 2.05) is 22.6 Å². The van der Waals surface area contributed by atoms with Crippen LogP contribution in [0.5, 0.6) is 0 Å². The molecule has 0 fully saturated rings. The number of nitrogens with zero attached hydrogens (tertiary/aromatic N) is 1. The van der Waals surface area contributed by atoms with Gasteiger partial charge < -0.3 is 4.74 Å². The zero-order chi connectivity index (χ0) is 13.0. The molecule has 0 N–H and O–H groups in total. The van der Waals surface area contributed by atoms with Crippen molar-refractivity contribution in [1.29, 1.82) is 0 Å². The second-order valence-corrected chi connectivity index (χ2v) is 4.56. The summed E-state index contributed by atoms with van der Waals surface area (Å²) in [5.74, 6) is -0.514. The number of alkyl halides is 2. The first-order valence-corrected chi connectivity index (χ1v) is 6.20. The molecule has 0 amide bonds. The predicted molar refractivity (Wildman–Crippen MR) is 67.3 cm³/mol. The van der Waals surface area contributed by atoms with Crippen molar-refractivity contribution < 1.29 is 18.3 Å². The topological polar surface area (TPSA) is 39.2 Å². The molecule has 1 rings (SSSR count). The molecule has 94 valence electrons. The summed E-state index contributed by atoms with van der Waals surface area (Å²) in [5, 5.41) is 0.162. The Morgan fingerprint density at radius 2 is 2.29 bits per heavy atom. The van der Waals surface area contributed by atoms with Crippen molar-refractivity contribution in [2.45, 2.75) is 19.8 Å². The van der Waals surface area contributed by atoms with E-state index in [1.165, 1.54) is 0 Å². The van der Waals surface area contributed by atoms with E-state index in [0.717, 1.165) is 6.07 Å². The van der Waals surface area contributed by atoms with E-state index in [0.29, 0.717) is 3.57 Å². The van der Waals surface area contributed by atoms with Crippen LogP contribution in [0.25, 0.3) is 0 Å². The lowest BCUT2D eigenvalue weighted by Crippen LogP contribution is -2.11. The van der Waals surface area contributed by atoms with Gasteiger partial charge in [0.25, 0.3) is 6.43 Å². The fourth-order valence-corrected chi connectivity index (χ4v) is 1.83. The summed E-state index contributed by atoms with van der Waals surface area (Å²) in [6, 6.07) is 1.10. The van der Waals surface area contributed by atoms with Gasteiger partial charge in [-0.05, 0) is 35.6 Å². The first-order valence-electron chi connectivity index (χ1n) is 4.74. The molecule has 0 aliphatic rings. The highest BCUT2D eigenvalue weighted by atomic mass is 127. The Labute approximate surface area is 116 Å². The van der Waals surface area contributed by atoms with Crippen molar-refractivity contribution in [3.8, 4) is 0 Å². The van der Waals surface area contributed by atoms with Crippen LogP contribution in [0.2, 0.25) is 5.02 Å². The quantitative estimate of drug-likeness (QED) is 0.598. The monoisotopic (exact) mass is 375 g/mol. The molecule has 0 aliphatic heterocycles. The molecule has 0 saturated heterocycles. The standard InChI is InChI=1S/C10H9ClF2INO2/c1-2-17-8(16)4-6-9(14)5(11)3-7(15-6)10(12)13/h3,10H,2,4H2,1H3. The lowest BCUT2D eigenvalue weighted by molar-refractivity contribution is -0.142. The Bertz CT molecular complexity index is 429. The van der Waals surface area contributed by atoms with Crippen molar-refractivity contribution in [3.05, 3.63) is 26.0 Å². The molecule has 3 nitrogen and oxygen atoms in total. The maximum absolute atomic E-state index is 12.5. The number of esters is 1. The second kappa shape index (κ2) is 6.44. The molecule has 0 bridgehead atoms. The highest BCUT2D eigenvalue weighted by molar-refractivity contribution is 14.1. The van der Waals surface area contributed by atoms with E-state index >= 15 is 0 Å². The van der Waals surface area contributed by atoms with Gasteiger partial charge in [0.15, 0.2) is 0 Å². The van der Waals surface area contributed by atoms with Crippen LogP contribution in [-0.2, 0) is 16.0 Å². The van der Waals surface area contributed by atoms with Crippen molar-refractivity contribution in [1.82, 2.24) is 4.98 Å². The zero-order valence-corrected chi connectivity index (χ0v) is 11.8. The Morgan fingerprint density at radius 1 is 1.65 bits per heavy atom. The molecule has 17 heavy (non-hydrogen) atoms. The number of aromatic nitrogens is 1. The smallest absolute Gasteiger partial charge is 0.311 e. The van der Waals surface area contributed by atoms with E-state index < -0.39 is 18.1 Å². The molecule has 7 heteroatoms. The van der Waals surface area contributed by atoms with Crippen molar-refractivity contribution in [2.24, 2.45) is 0 Å². The normalized spacial score (nSPS) is 10.7. The molecular formula is C10H9ClF2INO2. The maximum Gasteiger partial charge on any atom is 0.311 e. The van der Waals surface area contributed by atoms with Crippen molar-refractivity contribution in [2.75, 3.05) is 6.61 Å². The number of hydrogen-bond acceptors (Lipinski definition) is 3. The van der Waals surface area contributed by atoms with Gasteiger partial charge in [-0.25, -0.2) is 8.78 Å². The number of pyridine rings is 1.